The molecule has 0 heterocycles. The van der Waals surface area contributed by atoms with Gasteiger partial charge in [0.05, 0.1) is 13.2 Å². The van der Waals surface area contributed by atoms with Crippen molar-refractivity contribution < 1.29 is 19.5 Å². The van der Waals surface area contributed by atoms with Crippen LogP contribution in [0, 0.1) is 0 Å². The van der Waals surface area contributed by atoms with E-state index in [1.54, 1.807) is 43.1 Å². The molecule has 0 fully saturated rings. The Labute approximate surface area is 106 Å². The van der Waals surface area contributed by atoms with E-state index in [4.69, 9.17) is 19.5 Å². The molecule has 1 rings (SSSR count). The first-order valence-corrected chi connectivity index (χ1v) is 6.55. The smallest absolute Gasteiger partial charge is 0.488 e. The van der Waals surface area contributed by atoms with Crippen LogP contribution >= 0.6 is 11.8 Å². The van der Waals surface area contributed by atoms with Crippen molar-refractivity contribution in [2.24, 2.45) is 0 Å². The molecule has 0 amide bonds. The predicted octanol–water partition coefficient (Wildman–Crippen LogP) is 0.125. The lowest BCUT2D eigenvalue weighted by molar-refractivity contribution is 0.218. The van der Waals surface area contributed by atoms with Crippen molar-refractivity contribution in [2.75, 3.05) is 31.8 Å². The maximum absolute atomic E-state index is 9.00. The lowest BCUT2D eigenvalue weighted by atomic mass is 9.80. The van der Waals surface area contributed by atoms with Gasteiger partial charge in [-0.15, -0.1) is 0 Å². The molecule has 0 aliphatic heterocycles. The highest BCUT2D eigenvalue weighted by molar-refractivity contribution is 7.99. The van der Waals surface area contributed by atoms with Crippen LogP contribution in [0.15, 0.2) is 24.3 Å². The summed E-state index contributed by atoms with van der Waals surface area (Å²) in [6.45, 7) is 1.34. The molecule has 0 saturated heterocycles. The topological polar surface area (TPSA) is 58.9 Å². The van der Waals surface area contributed by atoms with Crippen LogP contribution in [0.4, 0.5) is 0 Å². The monoisotopic (exact) mass is 256 g/mol. The Morgan fingerprint density at radius 3 is 2.71 bits per heavy atom. The Balaban J connectivity index is 2.24. The van der Waals surface area contributed by atoms with Gasteiger partial charge in [0.1, 0.15) is 5.75 Å². The van der Waals surface area contributed by atoms with Crippen molar-refractivity contribution in [3.8, 4) is 5.75 Å². The molecule has 0 aliphatic rings. The van der Waals surface area contributed by atoms with Crippen LogP contribution in [0.1, 0.15) is 0 Å². The van der Waals surface area contributed by atoms with Gasteiger partial charge in [0.25, 0.3) is 0 Å². The highest BCUT2D eigenvalue weighted by Crippen LogP contribution is 2.08. The summed E-state index contributed by atoms with van der Waals surface area (Å²) in [5, 5.41) is 18.0. The molecule has 0 atom stereocenters. The van der Waals surface area contributed by atoms with Crippen LogP contribution in [0.5, 0.6) is 5.75 Å². The van der Waals surface area contributed by atoms with Gasteiger partial charge in [-0.1, -0.05) is 12.1 Å². The maximum atomic E-state index is 9.00. The van der Waals surface area contributed by atoms with E-state index in [0.29, 0.717) is 17.8 Å². The van der Waals surface area contributed by atoms with E-state index in [2.05, 4.69) is 0 Å². The van der Waals surface area contributed by atoms with Gasteiger partial charge in [-0.05, 0) is 17.6 Å². The molecular weight excluding hydrogens is 239 g/mol. The molecule has 6 heteroatoms. The zero-order valence-electron chi connectivity index (χ0n) is 9.83. The van der Waals surface area contributed by atoms with Crippen LogP contribution in [-0.2, 0) is 4.74 Å². The summed E-state index contributed by atoms with van der Waals surface area (Å²) in [4.78, 5) is 0. The molecule has 0 bridgehead atoms. The lowest BCUT2D eigenvalue weighted by Crippen LogP contribution is -2.29. The summed E-state index contributed by atoms with van der Waals surface area (Å²) < 4.78 is 10.4. The molecule has 0 saturated carbocycles. The third-order valence-corrected chi connectivity index (χ3v) is 3.00. The summed E-state index contributed by atoms with van der Waals surface area (Å²) >= 11 is 1.76. The average Bonchev–Trinajstić information content (AvgIpc) is 2.34. The Kier molecular flexibility index (Phi) is 7.11. The molecule has 1 aromatic rings. The molecular formula is C11H17BO4S. The second-order valence-electron chi connectivity index (χ2n) is 3.40. The zero-order valence-corrected chi connectivity index (χ0v) is 10.7. The highest BCUT2D eigenvalue weighted by atomic mass is 32.2. The van der Waals surface area contributed by atoms with Crippen molar-refractivity contribution in [2.45, 2.75) is 0 Å². The summed E-state index contributed by atoms with van der Waals surface area (Å²) in [7, 11) is 0.234. The molecule has 0 spiro atoms. The van der Waals surface area contributed by atoms with Gasteiger partial charge in [-0.2, -0.15) is 11.8 Å². The number of rotatable bonds is 8. The van der Waals surface area contributed by atoms with Crippen LogP contribution in [-0.4, -0.2) is 49.0 Å². The fourth-order valence-corrected chi connectivity index (χ4v) is 1.92. The molecule has 1 aromatic carbocycles. The molecule has 0 aliphatic carbocycles. The molecule has 0 radical (unpaired) electrons. The minimum atomic E-state index is -1.45. The van der Waals surface area contributed by atoms with Crippen LogP contribution in [0.3, 0.4) is 0 Å². The summed E-state index contributed by atoms with van der Waals surface area (Å²) in [5.74, 6) is 2.49. The third kappa shape index (κ3) is 5.98. The number of hydrogen-bond acceptors (Lipinski definition) is 5. The Morgan fingerprint density at radius 2 is 2.00 bits per heavy atom. The van der Waals surface area contributed by atoms with E-state index in [0.717, 1.165) is 18.1 Å². The molecule has 4 nitrogen and oxygen atoms in total. The van der Waals surface area contributed by atoms with Gasteiger partial charge in [0.15, 0.2) is 0 Å². The number of methoxy groups -OCH3 is 1. The molecule has 0 aromatic heterocycles. The van der Waals surface area contributed by atoms with Gasteiger partial charge in [0.2, 0.25) is 0 Å². The highest BCUT2D eigenvalue weighted by Gasteiger charge is 2.10. The van der Waals surface area contributed by atoms with E-state index in [1.165, 1.54) is 0 Å². The molecule has 94 valence electrons. The first kappa shape index (κ1) is 14.4. The van der Waals surface area contributed by atoms with E-state index in [9.17, 15) is 0 Å². The van der Waals surface area contributed by atoms with E-state index in [1.807, 2.05) is 0 Å². The first-order chi connectivity index (χ1) is 8.24. The van der Waals surface area contributed by atoms with Crippen molar-refractivity contribution >= 4 is 24.3 Å². The largest absolute Gasteiger partial charge is 0.493 e. The number of hydrogen-bond donors (Lipinski definition) is 2. The Morgan fingerprint density at radius 1 is 1.24 bits per heavy atom. The fraction of sp³-hybridized carbons (Fsp3) is 0.455. The zero-order chi connectivity index (χ0) is 12.5. The second-order valence-corrected chi connectivity index (χ2v) is 4.62. The second kappa shape index (κ2) is 8.41. The summed E-state index contributed by atoms with van der Waals surface area (Å²) in [6, 6.07) is 6.81. The molecule has 17 heavy (non-hydrogen) atoms. The molecule has 2 N–H and O–H groups in total. The van der Waals surface area contributed by atoms with Gasteiger partial charge in [-0.3, -0.25) is 0 Å². The van der Waals surface area contributed by atoms with Gasteiger partial charge in [-0.25, -0.2) is 0 Å². The third-order valence-electron chi connectivity index (χ3n) is 2.08. The van der Waals surface area contributed by atoms with E-state index < -0.39 is 7.12 Å². The SMILES string of the molecule is COCCSCCOc1cccc(B(O)O)c1. The average molecular weight is 256 g/mol. The minimum absolute atomic E-state index is 0.439. The molecule has 0 unspecified atom stereocenters. The number of benzene rings is 1. The van der Waals surface area contributed by atoms with Crippen LogP contribution in [0.2, 0.25) is 0 Å². The normalized spacial score (nSPS) is 10.3. The van der Waals surface area contributed by atoms with Gasteiger partial charge >= 0.3 is 7.12 Å². The van der Waals surface area contributed by atoms with Gasteiger partial charge < -0.3 is 19.5 Å². The van der Waals surface area contributed by atoms with E-state index >= 15 is 0 Å². The van der Waals surface area contributed by atoms with Crippen molar-refractivity contribution in [3.05, 3.63) is 24.3 Å². The minimum Gasteiger partial charge on any atom is -0.493 e. The maximum Gasteiger partial charge on any atom is 0.488 e. The van der Waals surface area contributed by atoms with Crippen molar-refractivity contribution in [1.29, 1.82) is 0 Å². The quantitative estimate of drug-likeness (QED) is 0.511. The fourth-order valence-electron chi connectivity index (χ4n) is 1.23. The Bertz CT molecular complexity index is 322. The van der Waals surface area contributed by atoms with Crippen molar-refractivity contribution in [3.63, 3.8) is 0 Å². The predicted molar refractivity (Wildman–Crippen MR) is 71.0 cm³/mol. The first-order valence-electron chi connectivity index (χ1n) is 5.39. The van der Waals surface area contributed by atoms with Crippen LogP contribution in [0.25, 0.3) is 0 Å². The standard InChI is InChI=1S/C11H17BO4S/c1-15-5-7-17-8-6-16-11-4-2-3-10(9-11)12(13)14/h2-4,9,13-14H,5-8H2,1H3. The van der Waals surface area contributed by atoms with Gasteiger partial charge in [0, 0.05) is 18.6 Å². The Hall–Kier alpha value is -0.685. The van der Waals surface area contributed by atoms with Crippen LogP contribution < -0.4 is 10.2 Å². The number of ether oxygens (including phenoxy) is 2. The van der Waals surface area contributed by atoms with E-state index in [-0.39, 0.29) is 0 Å². The summed E-state index contributed by atoms with van der Waals surface area (Å²) in [6.07, 6.45) is 0. The summed E-state index contributed by atoms with van der Waals surface area (Å²) in [5.41, 5.74) is 0.439. The van der Waals surface area contributed by atoms with Crippen molar-refractivity contribution in [1.82, 2.24) is 0 Å². The lowest BCUT2D eigenvalue weighted by Gasteiger charge is -2.07. The number of thioether (sulfide) groups is 1.